The lowest BCUT2D eigenvalue weighted by Gasteiger charge is -2.37. The molecule has 1 saturated carbocycles. The quantitative estimate of drug-likeness (QED) is 0.834. The average molecular weight is 366 g/mol. The molecule has 1 aliphatic carbocycles. The van der Waals surface area contributed by atoms with Gasteiger partial charge in [0.05, 0.1) is 35.4 Å². The summed E-state index contributed by atoms with van der Waals surface area (Å²) in [6.07, 6.45) is 7.40. The van der Waals surface area contributed by atoms with Crippen LogP contribution in [0.15, 0.2) is 30.5 Å². The molecule has 0 bridgehead atoms. The fourth-order valence-corrected chi connectivity index (χ4v) is 4.35. The van der Waals surface area contributed by atoms with E-state index in [1.165, 1.54) is 12.8 Å². The van der Waals surface area contributed by atoms with Gasteiger partial charge in [-0.05, 0) is 31.4 Å². The van der Waals surface area contributed by atoms with Crippen LogP contribution in [0.3, 0.4) is 0 Å². The van der Waals surface area contributed by atoms with Gasteiger partial charge in [-0.3, -0.25) is 14.6 Å². The Balaban J connectivity index is 1.42. The summed E-state index contributed by atoms with van der Waals surface area (Å²) in [4.78, 5) is 38.0. The summed E-state index contributed by atoms with van der Waals surface area (Å²) in [6, 6.07) is 8.07. The molecule has 27 heavy (non-hydrogen) atoms. The number of piperidine rings is 1. The highest BCUT2D eigenvalue weighted by Gasteiger charge is 2.36. The maximum absolute atomic E-state index is 13.0. The van der Waals surface area contributed by atoms with Crippen LogP contribution in [-0.4, -0.2) is 51.2 Å². The lowest BCUT2D eigenvalue weighted by Crippen LogP contribution is -2.49. The summed E-state index contributed by atoms with van der Waals surface area (Å²) in [6.45, 7) is 1.00. The summed E-state index contributed by atoms with van der Waals surface area (Å²) >= 11 is 0. The first kappa shape index (κ1) is 17.9. The molecule has 2 fully saturated rings. The minimum absolute atomic E-state index is 0.0976. The van der Waals surface area contributed by atoms with Crippen LogP contribution in [0.4, 0.5) is 0 Å². The minimum atomic E-state index is -0.110. The molecular formula is C21H26N4O2. The van der Waals surface area contributed by atoms with Gasteiger partial charge in [0.1, 0.15) is 0 Å². The Morgan fingerprint density at radius 1 is 1.19 bits per heavy atom. The van der Waals surface area contributed by atoms with Gasteiger partial charge >= 0.3 is 0 Å². The second-order valence-electron chi connectivity index (χ2n) is 7.76. The lowest BCUT2D eigenvalue weighted by molar-refractivity contribution is -0.144. The van der Waals surface area contributed by atoms with E-state index in [2.05, 4.69) is 9.97 Å². The van der Waals surface area contributed by atoms with Gasteiger partial charge < -0.3 is 9.80 Å². The number of carbonyl (C=O) groups is 2. The van der Waals surface area contributed by atoms with Gasteiger partial charge in [0.15, 0.2) is 0 Å². The number of fused-ring (bicyclic) bond motifs is 1. The zero-order chi connectivity index (χ0) is 18.8. The molecule has 1 atom stereocenters. The smallest absolute Gasteiger partial charge is 0.227 e. The summed E-state index contributed by atoms with van der Waals surface area (Å²) in [5.74, 6) is 0.205. The number of rotatable bonds is 4. The number of hydrogen-bond donors (Lipinski definition) is 0. The Kier molecular flexibility index (Phi) is 5.05. The zero-order valence-corrected chi connectivity index (χ0v) is 15.8. The number of nitrogens with zero attached hydrogens (tertiary/aromatic N) is 4. The molecule has 2 amide bonds. The third-order valence-electron chi connectivity index (χ3n) is 5.83. The number of amides is 2. The van der Waals surface area contributed by atoms with E-state index in [1.807, 2.05) is 36.2 Å². The molecule has 0 N–H and O–H groups in total. The van der Waals surface area contributed by atoms with E-state index in [0.717, 1.165) is 29.6 Å². The third kappa shape index (κ3) is 3.80. The second-order valence-corrected chi connectivity index (χ2v) is 7.76. The van der Waals surface area contributed by atoms with Crippen molar-refractivity contribution in [3.63, 3.8) is 0 Å². The zero-order valence-electron chi connectivity index (χ0n) is 15.8. The first-order valence-electron chi connectivity index (χ1n) is 9.87. The molecule has 1 aromatic carbocycles. The molecular weight excluding hydrogens is 340 g/mol. The summed E-state index contributed by atoms with van der Waals surface area (Å²) < 4.78 is 0. The van der Waals surface area contributed by atoms with Crippen molar-refractivity contribution in [2.24, 2.45) is 5.92 Å². The van der Waals surface area contributed by atoms with Crippen molar-refractivity contribution in [2.75, 3.05) is 13.6 Å². The molecule has 0 spiro atoms. The molecule has 6 heteroatoms. The number of para-hydroxylation sites is 2. The Labute approximate surface area is 159 Å². The third-order valence-corrected chi connectivity index (χ3v) is 5.83. The molecule has 2 aliphatic rings. The largest absolute Gasteiger partial charge is 0.339 e. The van der Waals surface area contributed by atoms with Crippen LogP contribution in [0.5, 0.6) is 0 Å². The van der Waals surface area contributed by atoms with Crippen LogP contribution >= 0.6 is 0 Å². The van der Waals surface area contributed by atoms with Gasteiger partial charge in [-0.1, -0.05) is 25.0 Å². The molecule has 0 radical (unpaired) electrons. The monoisotopic (exact) mass is 366 g/mol. The van der Waals surface area contributed by atoms with Gasteiger partial charge in [-0.15, -0.1) is 0 Å². The molecule has 1 aromatic heterocycles. The Morgan fingerprint density at radius 3 is 2.70 bits per heavy atom. The fourth-order valence-electron chi connectivity index (χ4n) is 4.35. The normalized spacial score (nSPS) is 21.0. The van der Waals surface area contributed by atoms with E-state index in [9.17, 15) is 9.59 Å². The Bertz CT molecular complexity index is 847. The van der Waals surface area contributed by atoms with Crippen molar-refractivity contribution >= 4 is 22.8 Å². The van der Waals surface area contributed by atoms with E-state index >= 15 is 0 Å². The fraction of sp³-hybridized carbons (Fsp3) is 0.524. The summed E-state index contributed by atoms with van der Waals surface area (Å²) in [5, 5.41) is 0. The number of aromatic nitrogens is 2. The van der Waals surface area contributed by atoms with Gasteiger partial charge in [-0.2, -0.15) is 0 Å². The highest BCUT2D eigenvalue weighted by atomic mass is 16.2. The molecule has 2 heterocycles. The molecule has 1 saturated heterocycles. The van der Waals surface area contributed by atoms with Gasteiger partial charge in [0, 0.05) is 26.1 Å². The molecule has 1 aliphatic heterocycles. The molecule has 6 nitrogen and oxygen atoms in total. The van der Waals surface area contributed by atoms with E-state index in [4.69, 9.17) is 0 Å². The van der Waals surface area contributed by atoms with Crippen LogP contribution in [-0.2, 0) is 16.1 Å². The highest BCUT2D eigenvalue weighted by molar-refractivity contribution is 5.84. The molecule has 0 unspecified atom stereocenters. The van der Waals surface area contributed by atoms with Crippen molar-refractivity contribution in [1.82, 2.24) is 19.8 Å². The van der Waals surface area contributed by atoms with Crippen molar-refractivity contribution < 1.29 is 9.59 Å². The van der Waals surface area contributed by atoms with Crippen LogP contribution < -0.4 is 0 Å². The first-order valence-corrected chi connectivity index (χ1v) is 9.87. The highest BCUT2D eigenvalue weighted by Crippen LogP contribution is 2.29. The van der Waals surface area contributed by atoms with Crippen LogP contribution in [0.1, 0.15) is 44.2 Å². The molecule has 4 rings (SSSR count). The SMILES string of the molecule is CN(Cc1cnc2ccccc2n1)C(=O)[C@H]1CCC(=O)N(C2CCCC2)C1. The number of hydrogen-bond acceptors (Lipinski definition) is 4. The topological polar surface area (TPSA) is 66.4 Å². The van der Waals surface area contributed by atoms with E-state index in [0.29, 0.717) is 32.0 Å². The van der Waals surface area contributed by atoms with Crippen LogP contribution in [0.2, 0.25) is 0 Å². The maximum atomic E-state index is 13.0. The minimum Gasteiger partial charge on any atom is -0.339 e. The van der Waals surface area contributed by atoms with Crippen LogP contribution in [0.25, 0.3) is 11.0 Å². The number of benzene rings is 1. The Hall–Kier alpha value is -2.50. The first-order chi connectivity index (χ1) is 13.1. The predicted octanol–water partition coefficient (Wildman–Crippen LogP) is 2.77. The second kappa shape index (κ2) is 7.62. The molecule has 2 aromatic rings. The Morgan fingerprint density at radius 2 is 1.93 bits per heavy atom. The van der Waals surface area contributed by atoms with E-state index < -0.39 is 0 Å². The molecule has 142 valence electrons. The lowest BCUT2D eigenvalue weighted by atomic mass is 9.94. The summed E-state index contributed by atoms with van der Waals surface area (Å²) in [7, 11) is 1.82. The predicted molar refractivity (Wildman–Crippen MR) is 103 cm³/mol. The van der Waals surface area contributed by atoms with E-state index in [1.54, 1.807) is 11.1 Å². The van der Waals surface area contributed by atoms with Crippen molar-refractivity contribution in [3.05, 3.63) is 36.2 Å². The number of likely N-dealkylation sites (tertiary alicyclic amines) is 1. The van der Waals surface area contributed by atoms with Gasteiger partial charge in [0.2, 0.25) is 11.8 Å². The maximum Gasteiger partial charge on any atom is 0.227 e. The number of carbonyl (C=O) groups excluding carboxylic acids is 2. The van der Waals surface area contributed by atoms with Crippen LogP contribution in [0, 0.1) is 5.92 Å². The van der Waals surface area contributed by atoms with Gasteiger partial charge in [0.25, 0.3) is 0 Å². The standard InChI is InChI=1S/C21H26N4O2/c1-24(14-16-12-22-18-8-4-5-9-19(18)23-16)21(27)15-10-11-20(26)25(13-15)17-6-2-3-7-17/h4-5,8-9,12,15,17H,2-3,6-7,10-11,13-14H2,1H3/t15-/m0/s1. The average Bonchev–Trinajstić information content (AvgIpc) is 3.22. The van der Waals surface area contributed by atoms with Gasteiger partial charge in [-0.25, -0.2) is 4.98 Å². The van der Waals surface area contributed by atoms with Crippen molar-refractivity contribution in [1.29, 1.82) is 0 Å². The summed E-state index contributed by atoms with van der Waals surface area (Å²) in [5.41, 5.74) is 2.48. The van der Waals surface area contributed by atoms with Crippen molar-refractivity contribution in [2.45, 2.75) is 51.1 Å². The van der Waals surface area contributed by atoms with E-state index in [-0.39, 0.29) is 17.7 Å². The van der Waals surface area contributed by atoms with Crippen molar-refractivity contribution in [3.8, 4) is 0 Å².